The van der Waals surface area contributed by atoms with Gasteiger partial charge in [-0.05, 0) is 31.7 Å². The third kappa shape index (κ3) is 4.42. The van der Waals surface area contributed by atoms with E-state index in [0.29, 0.717) is 30.0 Å². The molecule has 31 heavy (non-hydrogen) atoms. The lowest BCUT2D eigenvalue weighted by molar-refractivity contribution is 0.0960. The number of carbonyl (C=O) groups is 1. The Morgan fingerprint density at radius 1 is 1.26 bits per heavy atom. The van der Waals surface area contributed by atoms with E-state index in [4.69, 9.17) is 10.2 Å². The van der Waals surface area contributed by atoms with Crippen molar-refractivity contribution in [3.05, 3.63) is 56.4 Å². The van der Waals surface area contributed by atoms with Gasteiger partial charge in [0.15, 0.2) is 11.4 Å². The van der Waals surface area contributed by atoms with E-state index in [-0.39, 0.29) is 23.8 Å². The van der Waals surface area contributed by atoms with Crippen LogP contribution in [-0.2, 0) is 6.54 Å². The van der Waals surface area contributed by atoms with E-state index in [2.05, 4.69) is 4.98 Å². The number of nitrogens with two attached hydrogens (primary N) is 1. The Kier molecular flexibility index (Phi) is 6.68. The van der Waals surface area contributed by atoms with Gasteiger partial charge in [0.2, 0.25) is 0 Å². The second-order valence-electron chi connectivity index (χ2n) is 8.19. The number of carbonyl (C=O) groups excluding carboxylic acids is 1. The van der Waals surface area contributed by atoms with Gasteiger partial charge in [0.25, 0.3) is 11.5 Å². The zero-order chi connectivity index (χ0) is 22.7. The molecule has 8 nitrogen and oxygen atoms in total. The Bertz CT molecular complexity index is 1200. The number of nitrogens with one attached hydrogen (secondary N) is 1. The number of nitrogen functional groups attached to an aromatic ring is 1. The summed E-state index contributed by atoms with van der Waals surface area (Å²) >= 11 is 0. The van der Waals surface area contributed by atoms with E-state index >= 15 is 0 Å². The Labute approximate surface area is 180 Å². The third-order valence-electron chi connectivity index (χ3n) is 5.43. The first-order chi connectivity index (χ1) is 14.8. The van der Waals surface area contributed by atoms with Crippen LogP contribution in [0.15, 0.2) is 38.3 Å². The number of hydrogen-bond acceptors (Lipinski definition) is 5. The highest BCUT2D eigenvalue weighted by Crippen LogP contribution is 2.28. The number of amides is 1. The van der Waals surface area contributed by atoms with Gasteiger partial charge in [0.1, 0.15) is 11.4 Å². The molecule has 1 aromatic carbocycles. The highest BCUT2D eigenvalue weighted by atomic mass is 16.3. The summed E-state index contributed by atoms with van der Waals surface area (Å²) in [6, 6.07) is 7.39. The van der Waals surface area contributed by atoms with Gasteiger partial charge < -0.3 is 10.2 Å². The molecule has 0 radical (unpaired) electrons. The monoisotopic (exact) mass is 426 g/mol. The molecule has 3 aromatic rings. The van der Waals surface area contributed by atoms with Crippen LogP contribution in [0.5, 0.6) is 0 Å². The zero-order valence-electron chi connectivity index (χ0n) is 18.5. The Morgan fingerprint density at radius 2 is 1.97 bits per heavy atom. The van der Waals surface area contributed by atoms with Crippen molar-refractivity contribution >= 4 is 28.4 Å². The molecule has 0 bridgehead atoms. The van der Waals surface area contributed by atoms with Gasteiger partial charge in [0, 0.05) is 24.0 Å². The minimum atomic E-state index is -0.680. The molecule has 8 heteroatoms. The number of anilines is 2. The molecule has 0 aliphatic rings. The van der Waals surface area contributed by atoms with E-state index < -0.39 is 17.2 Å². The Hall–Kier alpha value is -3.29. The average molecular weight is 427 g/mol. The van der Waals surface area contributed by atoms with Gasteiger partial charge in [-0.3, -0.25) is 24.0 Å². The maximum Gasteiger partial charge on any atom is 0.330 e. The lowest BCUT2D eigenvalue weighted by Gasteiger charge is -2.24. The first kappa shape index (κ1) is 22.4. The zero-order valence-corrected chi connectivity index (χ0v) is 18.5. The molecule has 0 unspecified atom stereocenters. The first-order valence-electron chi connectivity index (χ1n) is 10.7. The topological polar surface area (TPSA) is 114 Å². The van der Waals surface area contributed by atoms with Crippen LogP contribution in [0.3, 0.4) is 0 Å². The summed E-state index contributed by atoms with van der Waals surface area (Å²) in [5.74, 6) is -0.00579. The maximum absolute atomic E-state index is 13.6. The maximum atomic E-state index is 13.6. The predicted octanol–water partition coefficient (Wildman–Crippen LogP) is 3.67. The number of nitrogens with zero attached hydrogens (tertiary/aromatic N) is 2. The molecule has 2 heterocycles. The molecule has 1 amide bonds. The van der Waals surface area contributed by atoms with Crippen molar-refractivity contribution < 1.29 is 9.21 Å². The van der Waals surface area contributed by atoms with Crippen molar-refractivity contribution in [3.8, 4) is 0 Å². The molecule has 2 aromatic heterocycles. The molecule has 0 saturated heterocycles. The number of fused-ring (bicyclic) bond motifs is 1. The third-order valence-corrected chi connectivity index (χ3v) is 5.43. The van der Waals surface area contributed by atoms with Crippen molar-refractivity contribution in [1.29, 1.82) is 0 Å². The minimum absolute atomic E-state index is 0.00642. The van der Waals surface area contributed by atoms with E-state index in [1.54, 1.807) is 6.07 Å². The number of H-pyrrole nitrogens is 1. The van der Waals surface area contributed by atoms with Crippen LogP contribution in [0, 0.1) is 12.8 Å². The number of para-hydroxylation sites is 1. The molecule has 0 aliphatic carbocycles. The number of hydrogen-bond donors (Lipinski definition) is 2. The molecule has 0 fully saturated rings. The van der Waals surface area contributed by atoms with Crippen LogP contribution in [-0.4, -0.2) is 22.0 Å². The van der Waals surface area contributed by atoms with Gasteiger partial charge >= 0.3 is 5.69 Å². The summed E-state index contributed by atoms with van der Waals surface area (Å²) in [5.41, 5.74) is 6.31. The standard InChI is InChI=1S/C23H30N4O4/c1-5-6-12-27-20(24)18(21(28)25-23(27)30)26(13-11-14(2)3)22(29)19-15(4)16-9-7-8-10-17(16)31-19/h7-10,14H,5-6,11-13,24H2,1-4H3,(H,25,28,30). The predicted molar refractivity (Wildman–Crippen MR) is 123 cm³/mol. The second-order valence-corrected chi connectivity index (χ2v) is 8.19. The van der Waals surface area contributed by atoms with Gasteiger partial charge in [-0.1, -0.05) is 45.4 Å². The second kappa shape index (κ2) is 9.24. The number of aryl methyl sites for hydroxylation is 1. The van der Waals surface area contributed by atoms with Crippen LogP contribution in [0.1, 0.15) is 56.2 Å². The summed E-state index contributed by atoms with van der Waals surface area (Å²) < 4.78 is 7.18. The molecular formula is C23H30N4O4. The van der Waals surface area contributed by atoms with Crippen LogP contribution < -0.4 is 21.9 Å². The molecule has 3 rings (SSSR count). The molecule has 3 N–H and O–H groups in total. The van der Waals surface area contributed by atoms with Crippen LogP contribution in [0.25, 0.3) is 11.0 Å². The molecule has 0 atom stereocenters. The average Bonchev–Trinajstić information content (AvgIpc) is 3.06. The summed E-state index contributed by atoms with van der Waals surface area (Å²) in [7, 11) is 0. The smallest absolute Gasteiger partial charge is 0.330 e. The highest BCUT2D eigenvalue weighted by molar-refractivity contribution is 6.08. The van der Waals surface area contributed by atoms with Gasteiger partial charge in [-0.15, -0.1) is 0 Å². The van der Waals surface area contributed by atoms with E-state index in [1.165, 1.54) is 9.47 Å². The summed E-state index contributed by atoms with van der Waals surface area (Å²) in [6.07, 6.45) is 2.23. The lowest BCUT2D eigenvalue weighted by Crippen LogP contribution is -2.42. The molecular weight excluding hydrogens is 396 g/mol. The van der Waals surface area contributed by atoms with Crippen LogP contribution in [0.4, 0.5) is 11.5 Å². The minimum Gasteiger partial charge on any atom is -0.451 e. The van der Waals surface area contributed by atoms with Crippen molar-refractivity contribution in [2.45, 2.75) is 53.5 Å². The lowest BCUT2D eigenvalue weighted by atomic mass is 10.1. The fourth-order valence-electron chi connectivity index (χ4n) is 3.58. The van der Waals surface area contributed by atoms with Gasteiger partial charge in [-0.2, -0.15) is 0 Å². The van der Waals surface area contributed by atoms with Gasteiger partial charge in [-0.25, -0.2) is 4.79 Å². The summed E-state index contributed by atoms with van der Waals surface area (Å²) in [4.78, 5) is 42.4. The largest absolute Gasteiger partial charge is 0.451 e. The number of aromatic amines is 1. The SMILES string of the molecule is CCCCn1c(N)c(N(CCC(C)C)C(=O)c2oc3ccccc3c2C)c(=O)[nH]c1=O. The van der Waals surface area contributed by atoms with E-state index in [1.807, 2.05) is 45.9 Å². The van der Waals surface area contributed by atoms with Crippen molar-refractivity contribution in [1.82, 2.24) is 9.55 Å². The summed E-state index contributed by atoms with van der Waals surface area (Å²) in [6.45, 7) is 8.51. The molecule has 166 valence electrons. The fraction of sp³-hybridized carbons (Fsp3) is 0.435. The number of furan rings is 1. The number of benzene rings is 1. The normalized spacial score (nSPS) is 11.4. The highest BCUT2D eigenvalue weighted by Gasteiger charge is 2.29. The van der Waals surface area contributed by atoms with E-state index in [0.717, 1.165) is 18.2 Å². The Morgan fingerprint density at radius 3 is 2.61 bits per heavy atom. The van der Waals surface area contributed by atoms with Crippen molar-refractivity contribution in [2.24, 2.45) is 5.92 Å². The summed E-state index contributed by atoms with van der Waals surface area (Å²) in [5, 5.41) is 0.837. The van der Waals surface area contributed by atoms with Crippen LogP contribution >= 0.6 is 0 Å². The molecule has 0 saturated carbocycles. The van der Waals surface area contributed by atoms with Crippen molar-refractivity contribution in [2.75, 3.05) is 17.2 Å². The van der Waals surface area contributed by atoms with Gasteiger partial charge in [0.05, 0.1) is 0 Å². The molecule has 0 aliphatic heterocycles. The number of aromatic nitrogens is 2. The number of rotatable bonds is 8. The van der Waals surface area contributed by atoms with Crippen LogP contribution in [0.2, 0.25) is 0 Å². The van der Waals surface area contributed by atoms with E-state index in [9.17, 15) is 14.4 Å². The molecule has 0 spiro atoms. The fourth-order valence-corrected chi connectivity index (χ4v) is 3.58. The Balaban J connectivity index is 2.15. The first-order valence-corrected chi connectivity index (χ1v) is 10.7. The quantitative estimate of drug-likeness (QED) is 0.570. The van der Waals surface area contributed by atoms with Crippen molar-refractivity contribution in [3.63, 3.8) is 0 Å². The number of unbranched alkanes of at least 4 members (excludes halogenated alkanes) is 1.